The number of carbonyl (C=O) groups excluding carboxylic acids is 1. The maximum atomic E-state index is 12.5. The van der Waals surface area contributed by atoms with Gasteiger partial charge in [-0.15, -0.1) is 10.2 Å². The zero-order valence-electron chi connectivity index (χ0n) is 16.2. The Labute approximate surface area is 168 Å². The molecule has 0 aliphatic carbocycles. The number of carbonyl (C=O) groups is 1. The maximum absolute atomic E-state index is 12.5. The van der Waals surface area contributed by atoms with Crippen LogP contribution in [-0.2, 0) is 14.8 Å². The van der Waals surface area contributed by atoms with Crippen molar-refractivity contribution in [3.8, 4) is 11.3 Å². The van der Waals surface area contributed by atoms with E-state index < -0.39 is 10.0 Å². The van der Waals surface area contributed by atoms with Crippen LogP contribution in [0.3, 0.4) is 0 Å². The lowest BCUT2D eigenvalue weighted by Gasteiger charge is -2.29. The number of hydrogen-bond acceptors (Lipinski definition) is 6. The van der Waals surface area contributed by atoms with Crippen molar-refractivity contribution in [2.45, 2.75) is 19.8 Å². The summed E-state index contributed by atoms with van der Waals surface area (Å²) < 4.78 is 26.3. The fourth-order valence-corrected chi connectivity index (χ4v) is 4.34. The smallest absolute Gasteiger partial charge is 0.227 e. The highest BCUT2D eigenvalue weighted by atomic mass is 32.2. The van der Waals surface area contributed by atoms with Gasteiger partial charge in [-0.2, -0.15) is 9.61 Å². The first kappa shape index (κ1) is 19.5. The molecule has 2 aromatic heterocycles. The summed E-state index contributed by atoms with van der Waals surface area (Å²) in [5.74, 6) is 0.451. The van der Waals surface area contributed by atoms with Crippen LogP contribution in [0.1, 0.15) is 18.7 Å². The number of aryl methyl sites for hydroxylation is 1. The van der Waals surface area contributed by atoms with E-state index >= 15 is 0 Å². The molecule has 1 aliphatic rings. The van der Waals surface area contributed by atoms with Crippen molar-refractivity contribution in [2.75, 3.05) is 24.7 Å². The quantitative estimate of drug-likeness (QED) is 0.696. The molecular weight excluding hydrogens is 392 g/mol. The molecule has 10 heteroatoms. The molecule has 0 saturated carbocycles. The highest BCUT2D eigenvalue weighted by Crippen LogP contribution is 2.23. The van der Waals surface area contributed by atoms with Gasteiger partial charge in [-0.25, -0.2) is 12.7 Å². The molecule has 1 amide bonds. The van der Waals surface area contributed by atoms with Crippen molar-refractivity contribution in [2.24, 2.45) is 5.92 Å². The number of rotatable bonds is 4. The van der Waals surface area contributed by atoms with E-state index in [4.69, 9.17) is 0 Å². The molecule has 1 N–H and O–H groups in total. The molecule has 3 aromatic rings. The first-order chi connectivity index (χ1) is 13.8. The van der Waals surface area contributed by atoms with Gasteiger partial charge in [0.05, 0.1) is 11.9 Å². The monoisotopic (exact) mass is 414 g/mol. The van der Waals surface area contributed by atoms with Gasteiger partial charge in [0.2, 0.25) is 15.9 Å². The molecule has 152 valence electrons. The van der Waals surface area contributed by atoms with E-state index in [2.05, 4.69) is 20.6 Å². The van der Waals surface area contributed by atoms with Gasteiger partial charge in [0.15, 0.2) is 11.5 Å². The largest absolute Gasteiger partial charge is 0.326 e. The van der Waals surface area contributed by atoms with Crippen molar-refractivity contribution >= 4 is 27.3 Å². The summed E-state index contributed by atoms with van der Waals surface area (Å²) in [4.78, 5) is 12.5. The Morgan fingerprint density at radius 1 is 1.07 bits per heavy atom. The second kappa shape index (κ2) is 7.53. The number of nitrogens with zero attached hydrogens (tertiary/aromatic N) is 5. The minimum absolute atomic E-state index is 0.0782. The average Bonchev–Trinajstić information content (AvgIpc) is 3.08. The minimum atomic E-state index is -3.19. The SMILES string of the molecule is Cc1nnc2ccc(-c3ccc(NC(=O)C4CCN(S(C)(=O)=O)CC4)cc3)nn12. The number of nitrogens with one attached hydrogen (secondary N) is 1. The van der Waals surface area contributed by atoms with Gasteiger partial charge in [-0.05, 0) is 44.0 Å². The summed E-state index contributed by atoms with van der Waals surface area (Å²) in [5, 5.41) is 15.5. The van der Waals surface area contributed by atoms with Crippen LogP contribution >= 0.6 is 0 Å². The van der Waals surface area contributed by atoms with Crippen molar-refractivity contribution in [3.63, 3.8) is 0 Å². The summed E-state index contributed by atoms with van der Waals surface area (Å²) in [7, 11) is -3.19. The van der Waals surface area contributed by atoms with Crippen LogP contribution in [0, 0.1) is 12.8 Å². The summed E-state index contributed by atoms with van der Waals surface area (Å²) >= 11 is 0. The van der Waals surface area contributed by atoms with Gasteiger partial charge in [-0.1, -0.05) is 12.1 Å². The van der Waals surface area contributed by atoms with E-state index in [9.17, 15) is 13.2 Å². The number of aromatic nitrogens is 4. The minimum Gasteiger partial charge on any atom is -0.326 e. The second-order valence-corrected chi connectivity index (χ2v) is 9.22. The van der Waals surface area contributed by atoms with Crippen molar-refractivity contribution in [1.29, 1.82) is 0 Å². The number of anilines is 1. The molecule has 0 radical (unpaired) electrons. The van der Waals surface area contributed by atoms with Gasteiger partial charge in [0, 0.05) is 30.3 Å². The summed E-state index contributed by atoms with van der Waals surface area (Å²) in [6.45, 7) is 2.61. The van der Waals surface area contributed by atoms with Gasteiger partial charge in [0.25, 0.3) is 0 Å². The van der Waals surface area contributed by atoms with Gasteiger partial charge >= 0.3 is 0 Å². The first-order valence-electron chi connectivity index (χ1n) is 9.37. The van der Waals surface area contributed by atoms with Crippen molar-refractivity contribution in [1.82, 2.24) is 24.1 Å². The van der Waals surface area contributed by atoms with E-state index in [1.54, 1.807) is 4.52 Å². The summed E-state index contributed by atoms with van der Waals surface area (Å²) in [6.07, 6.45) is 2.25. The molecule has 1 fully saturated rings. The Kier molecular flexibility index (Phi) is 5.05. The summed E-state index contributed by atoms with van der Waals surface area (Å²) in [6, 6.07) is 11.2. The fourth-order valence-electron chi connectivity index (χ4n) is 3.47. The Morgan fingerprint density at radius 3 is 2.41 bits per heavy atom. The van der Waals surface area contributed by atoms with Crippen LogP contribution in [0.4, 0.5) is 5.69 Å². The van der Waals surface area contributed by atoms with E-state index in [1.807, 2.05) is 43.3 Å². The molecule has 9 nitrogen and oxygen atoms in total. The molecule has 4 rings (SSSR count). The fraction of sp³-hybridized carbons (Fsp3) is 0.368. The van der Waals surface area contributed by atoms with Crippen LogP contribution in [0.15, 0.2) is 36.4 Å². The molecule has 1 aliphatic heterocycles. The van der Waals surface area contributed by atoms with E-state index in [1.165, 1.54) is 10.6 Å². The van der Waals surface area contributed by atoms with Gasteiger partial charge < -0.3 is 5.32 Å². The third-order valence-corrected chi connectivity index (χ3v) is 6.46. The Balaban J connectivity index is 1.41. The predicted molar refractivity (Wildman–Crippen MR) is 109 cm³/mol. The lowest BCUT2D eigenvalue weighted by Crippen LogP contribution is -2.40. The Bertz CT molecular complexity index is 1150. The second-order valence-electron chi connectivity index (χ2n) is 7.24. The molecule has 0 spiro atoms. The molecule has 1 aromatic carbocycles. The van der Waals surface area contributed by atoms with E-state index in [0.717, 1.165) is 11.3 Å². The van der Waals surface area contributed by atoms with Crippen molar-refractivity contribution < 1.29 is 13.2 Å². The number of benzene rings is 1. The van der Waals surface area contributed by atoms with Crippen LogP contribution in [0.5, 0.6) is 0 Å². The maximum Gasteiger partial charge on any atom is 0.227 e. The molecule has 0 bridgehead atoms. The third kappa shape index (κ3) is 4.13. The predicted octanol–water partition coefficient (Wildman–Crippen LogP) is 1.71. The number of fused-ring (bicyclic) bond motifs is 1. The molecule has 0 atom stereocenters. The number of sulfonamides is 1. The molecule has 0 unspecified atom stereocenters. The molecule has 29 heavy (non-hydrogen) atoms. The van der Waals surface area contributed by atoms with Gasteiger partial charge in [-0.3, -0.25) is 4.79 Å². The molecule has 3 heterocycles. The van der Waals surface area contributed by atoms with Crippen LogP contribution < -0.4 is 5.32 Å². The highest BCUT2D eigenvalue weighted by molar-refractivity contribution is 7.88. The van der Waals surface area contributed by atoms with E-state index in [-0.39, 0.29) is 11.8 Å². The Hall–Kier alpha value is -2.85. The number of amides is 1. The lowest BCUT2D eigenvalue weighted by molar-refractivity contribution is -0.120. The van der Waals surface area contributed by atoms with Crippen LogP contribution in [0.2, 0.25) is 0 Å². The highest BCUT2D eigenvalue weighted by Gasteiger charge is 2.28. The Morgan fingerprint density at radius 2 is 1.76 bits per heavy atom. The van der Waals surface area contributed by atoms with Crippen molar-refractivity contribution in [3.05, 3.63) is 42.2 Å². The number of piperidine rings is 1. The van der Waals surface area contributed by atoms with E-state index in [0.29, 0.717) is 43.1 Å². The van der Waals surface area contributed by atoms with Crippen LogP contribution in [-0.4, -0.2) is 57.8 Å². The third-order valence-electron chi connectivity index (χ3n) is 5.16. The number of hydrogen-bond donors (Lipinski definition) is 1. The standard InChI is InChI=1S/C19H22N6O3S/c1-13-21-22-18-8-7-17(23-25(13)18)14-3-5-16(6-4-14)20-19(26)15-9-11-24(12-10-15)29(2,27)28/h3-8,15H,9-12H2,1-2H3,(H,20,26). The van der Waals surface area contributed by atoms with Gasteiger partial charge in [0.1, 0.15) is 0 Å². The normalized spacial score (nSPS) is 16.2. The first-order valence-corrected chi connectivity index (χ1v) is 11.2. The molecule has 1 saturated heterocycles. The molecular formula is C19H22N6O3S. The van der Waals surface area contributed by atoms with Crippen LogP contribution in [0.25, 0.3) is 16.9 Å². The zero-order valence-corrected chi connectivity index (χ0v) is 17.1. The summed E-state index contributed by atoms with van der Waals surface area (Å²) in [5.41, 5.74) is 3.09. The lowest BCUT2D eigenvalue weighted by atomic mass is 9.97. The topological polar surface area (TPSA) is 110 Å². The average molecular weight is 414 g/mol. The zero-order chi connectivity index (χ0) is 20.6.